The minimum atomic E-state index is -0.444. The van der Waals surface area contributed by atoms with Crippen molar-refractivity contribution in [2.45, 2.75) is 12.5 Å². The van der Waals surface area contributed by atoms with Crippen LogP contribution in [0.3, 0.4) is 0 Å². The van der Waals surface area contributed by atoms with Crippen molar-refractivity contribution in [3.8, 4) is 0 Å². The largest absolute Gasteiger partial charge is 0.396 e. The Kier molecular flexibility index (Phi) is 1.17. The standard InChI is InChI=1S/C4H7NO3/c6-2-3-1-4(3)5(7)8/h3-4,6H,1-2H2/t3-,4+/m1/s1. The van der Waals surface area contributed by atoms with Crippen molar-refractivity contribution < 1.29 is 10.0 Å². The van der Waals surface area contributed by atoms with E-state index in [9.17, 15) is 10.1 Å². The monoisotopic (exact) mass is 117 g/mol. The van der Waals surface area contributed by atoms with Gasteiger partial charge in [-0.05, 0) is 0 Å². The normalized spacial score (nSPS) is 34.6. The number of hydrogen-bond acceptors (Lipinski definition) is 3. The molecule has 1 rings (SSSR count). The van der Waals surface area contributed by atoms with Gasteiger partial charge >= 0.3 is 0 Å². The fourth-order valence-electron chi connectivity index (χ4n) is 0.686. The zero-order chi connectivity index (χ0) is 6.15. The molecular weight excluding hydrogens is 110 g/mol. The average Bonchev–Trinajstić information content (AvgIpc) is 2.42. The molecule has 4 heteroatoms. The van der Waals surface area contributed by atoms with Crippen LogP contribution in [-0.2, 0) is 0 Å². The van der Waals surface area contributed by atoms with Gasteiger partial charge in [0.2, 0.25) is 6.04 Å². The van der Waals surface area contributed by atoms with Gasteiger partial charge in [-0.1, -0.05) is 0 Å². The van der Waals surface area contributed by atoms with E-state index < -0.39 is 6.04 Å². The molecule has 0 amide bonds. The lowest BCUT2D eigenvalue weighted by molar-refractivity contribution is -0.498. The first-order chi connectivity index (χ1) is 3.75. The molecule has 1 saturated carbocycles. The zero-order valence-electron chi connectivity index (χ0n) is 4.28. The summed E-state index contributed by atoms with van der Waals surface area (Å²) in [7, 11) is 0. The second-order valence-electron chi connectivity index (χ2n) is 2.03. The zero-order valence-corrected chi connectivity index (χ0v) is 4.28. The number of hydrogen-bond donors (Lipinski definition) is 1. The van der Waals surface area contributed by atoms with E-state index in [1.54, 1.807) is 0 Å². The van der Waals surface area contributed by atoms with Crippen LogP contribution >= 0.6 is 0 Å². The lowest BCUT2D eigenvalue weighted by atomic mass is 10.4. The van der Waals surface area contributed by atoms with Crippen molar-refractivity contribution in [1.82, 2.24) is 0 Å². The molecule has 0 aromatic carbocycles. The van der Waals surface area contributed by atoms with Crippen molar-refractivity contribution >= 4 is 0 Å². The molecule has 0 bridgehead atoms. The molecule has 0 aromatic rings. The number of aliphatic hydroxyl groups excluding tert-OH is 1. The summed E-state index contributed by atoms with van der Waals surface area (Å²) in [6, 6.07) is -0.444. The summed E-state index contributed by atoms with van der Waals surface area (Å²) in [5.74, 6) is -0.0509. The van der Waals surface area contributed by atoms with E-state index in [1.807, 2.05) is 0 Å². The fraction of sp³-hybridized carbons (Fsp3) is 1.00. The summed E-state index contributed by atoms with van der Waals surface area (Å²) in [5.41, 5.74) is 0. The van der Waals surface area contributed by atoms with E-state index in [2.05, 4.69) is 0 Å². The quantitative estimate of drug-likeness (QED) is 0.397. The molecule has 0 saturated heterocycles. The Labute approximate surface area is 46.3 Å². The van der Waals surface area contributed by atoms with Gasteiger partial charge in [0.1, 0.15) is 0 Å². The van der Waals surface area contributed by atoms with Gasteiger partial charge in [-0.2, -0.15) is 0 Å². The summed E-state index contributed by atoms with van der Waals surface area (Å²) >= 11 is 0. The van der Waals surface area contributed by atoms with Gasteiger partial charge in [0.05, 0.1) is 12.5 Å². The summed E-state index contributed by atoms with van der Waals surface area (Å²) in [4.78, 5) is 9.49. The maximum atomic E-state index is 9.83. The first kappa shape index (κ1) is 5.50. The third-order valence-corrected chi connectivity index (χ3v) is 1.39. The number of aliphatic hydroxyl groups is 1. The molecule has 0 radical (unpaired) electrons. The van der Waals surface area contributed by atoms with E-state index in [0.29, 0.717) is 6.42 Å². The smallest absolute Gasteiger partial charge is 0.219 e. The highest BCUT2D eigenvalue weighted by molar-refractivity contribution is 4.85. The molecular formula is C4H7NO3. The highest BCUT2D eigenvalue weighted by atomic mass is 16.6. The molecule has 46 valence electrons. The first-order valence-corrected chi connectivity index (χ1v) is 2.50. The van der Waals surface area contributed by atoms with Crippen LogP contribution in [0.15, 0.2) is 0 Å². The van der Waals surface area contributed by atoms with Crippen molar-refractivity contribution in [1.29, 1.82) is 0 Å². The molecule has 1 aliphatic carbocycles. The van der Waals surface area contributed by atoms with E-state index in [0.717, 1.165) is 0 Å². The Morgan fingerprint density at radius 3 is 2.62 bits per heavy atom. The van der Waals surface area contributed by atoms with Crippen molar-refractivity contribution in [2.24, 2.45) is 5.92 Å². The van der Waals surface area contributed by atoms with Crippen LogP contribution in [-0.4, -0.2) is 22.7 Å². The van der Waals surface area contributed by atoms with Gasteiger partial charge in [-0.3, -0.25) is 10.1 Å². The van der Waals surface area contributed by atoms with Gasteiger partial charge < -0.3 is 5.11 Å². The molecule has 0 unspecified atom stereocenters. The SMILES string of the molecule is O=[N+]([O-])[C@H]1C[C@@H]1CO. The third kappa shape index (κ3) is 0.790. The molecule has 0 aromatic heterocycles. The van der Waals surface area contributed by atoms with E-state index in [1.165, 1.54) is 0 Å². The second-order valence-corrected chi connectivity index (χ2v) is 2.03. The van der Waals surface area contributed by atoms with Crippen LogP contribution in [0.4, 0.5) is 0 Å². The van der Waals surface area contributed by atoms with Gasteiger partial charge in [-0.15, -0.1) is 0 Å². The maximum Gasteiger partial charge on any atom is 0.219 e. The molecule has 8 heavy (non-hydrogen) atoms. The van der Waals surface area contributed by atoms with Crippen LogP contribution in [0, 0.1) is 16.0 Å². The minimum Gasteiger partial charge on any atom is -0.396 e. The Morgan fingerprint density at radius 2 is 2.50 bits per heavy atom. The van der Waals surface area contributed by atoms with Gasteiger partial charge in [0.25, 0.3) is 0 Å². The van der Waals surface area contributed by atoms with Crippen molar-refractivity contribution in [3.63, 3.8) is 0 Å². The molecule has 4 nitrogen and oxygen atoms in total. The van der Waals surface area contributed by atoms with Crippen molar-refractivity contribution in [2.75, 3.05) is 6.61 Å². The number of nitro groups is 1. The predicted molar refractivity (Wildman–Crippen MR) is 26.0 cm³/mol. The molecule has 2 atom stereocenters. The van der Waals surface area contributed by atoms with Crippen LogP contribution in [0.1, 0.15) is 6.42 Å². The molecule has 0 heterocycles. The Hall–Kier alpha value is -0.640. The van der Waals surface area contributed by atoms with E-state index in [-0.39, 0.29) is 17.4 Å². The number of nitrogens with zero attached hydrogens (tertiary/aromatic N) is 1. The molecule has 0 aliphatic heterocycles. The lowest BCUT2D eigenvalue weighted by Crippen LogP contribution is -2.04. The van der Waals surface area contributed by atoms with E-state index in [4.69, 9.17) is 5.11 Å². The lowest BCUT2D eigenvalue weighted by Gasteiger charge is -1.84. The van der Waals surface area contributed by atoms with Crippen LogP contribution in [0.5, 0.6) is 0 Å². The summed E-state index contributed by atoms with van der Waals surface area (Å²) < 4.78 is 0. The Balaban J connectivity index is 2.26. The van der Waals surface area contributed by atoms with Gasteiger partial charge in [0, 0.05) is 11.3 Å². The topological polar surface area (TPSA) is 63.4 Å². The van der Waals surface area contributed by atoms with Crippen molar-refractivity contribution in [3.05, 3.63) is 10.1 Å². The fourth-order valence-corrected chi connectivity index (χ4v) is 0.686. The highest BCUT2D eigenvalue weighted by Gasteiger charge is 2.47. The highest BCUT2D eigenvalue weighted by Crippen LogP contribution is 2.31. The van der Waals surface area contributed by atoms with Crippen LogP contribution in [0.25, 0.3) is 0 Å². The Bertz CT molecular complexity index is 114. The average molecular weight is 117 g/mol. The van der Waals surface area contributed by atoms with Gasteiger partial charge in [0.15, 0.2) is 0 Å². The predicted octanol–water partition coefficient (Wildman–Crippen LogP) is -0.356. The molecule has 1 fully saturated rings. The maximum absolute atomic E-state index is 9.83. The van der Waals surface area contributed by atoms with E-state index >= 15 is 0 Å². The second kappa shape index (κ2) is 1.70. The van der Waals surface area contributed by atoms with Crippen LogP contribution in [0.2, 0.25) is 0 Å². The first-order valence-electron chi connectivity index (χ1n) is 2.50. The Morgan fingerprint density at radius 1 is 1.88 bits per heavy atom. The summed E-state index contributed by atoms with van der Waals surface area (Å²) in [6.45, 7) is -0.0361. The molecule has 1 aliphatic rings. The minimum absolute atomic E-state index is 0.0361. The van der Waals surface area contributed by atoms with Gasteiger partial charge in [-0.25, -0.2) is 0 Å². The molecule has 0 spiro atoms. The van der Waals surface area contributed by atoms with Crippen LogP contribution < -0.4 is 0 Å². The number of rotatable bonds is 2. The molecule has 1 N–H and O–H groups in total. The third-order valence-electron chi connectivity index (χ3n) is 1.39. The summed E-state index contributed by atoms with van der Waals surface area (Å²) in [6.07, 6.45) is 0.559. The summed E-state index contributed by atoms with van der Waals surface area (Å²) in [5, 5.41) is 18.1.